The van der Waals surface area contributed by atoms with Crippen LogP contribution in [0.5, 0.6) is 0 Å². The maximum Gasteiger partial charge on any atom is 0.343 e. The Morgan fingerprint density at radius 2 is 2.29 bits per heavy atom. The zero-order valence-electron chi connectivity index (χ0n) is 11.4. The van der Waals surface area contributed by atoms with Crippen molar-refractivity contribution >= 4 is 23.3 Å². The molecule has 0 radical (unpaired) electrons. The van der Waals surface area contributed by atoms with Gasteiger partial charge in [0.05, 0.1) is 4.92 Å². The van der Waals surface area contributed by atoms with Crippen molar-refractivity contribution in [3.8, 4) is 0 Å². The Morgan fingerprint density at radius 3 is 2.90 bits per heavy atom. The highest BCUT2D eigenvalue weighted by atomic mass is 32.2. The smallest absolute Gasteiger partial charge is 0.343 e. The van der Waals surface area contributed by atoms with E-state index in [1.807, 2.05) is 6.92 Å². The zero-order valence-corrected chi connectivity index (χ0v) is 12.2. The Bertz CT molecular complexity index is 711. The van der Waals surface area contributed by atoms with Crippen LogP contribution >= 0.6 is 11.8 Å². The van der Waals surface area contributed by atoms with Gasteiger partial charge in [0.25, 0.3) is 0 Å². The summed E-state index contributed by atoms with van der Waals surface area (Å²) in [6, 6.07) is 0. The number of hydrogen-bond acceptors (Lipinski definition) is 8. The first kappa shape index (κ1) is 15.0. The van der Waals surface area contributed by atoms with E-state index in [0.29, 0.717) is 11.7 Å². The van der Waals surface area contributed by atoms with Crippen LogP contribution in [0.3, 0.4) is 0 Å². The average molecular weight is 311 g/mol. The summed E-state index contributed by atoms with van der Waals surface area (Å²) in [5.41, 5.74) is -0.603. The van der Waals surface area contributed by atoms with Crippen molar-refractivity contribution in [3.63, 3.8) is 0 Å². The van der Waals surface area contributed by atoms with E-state index in [0.717, 1.165) is 18.2 Å². The number of aromatic amines is 1. The fourth-order valence-corrected chi connectivity index (χ4v) is 2.59. The molecule has 0 bridgehead atoms. The summed E-state index contributed by atoms with van der Waals surface area (Å²) in [5, 5.41) is 20.5. The molecule has 0 unspecified atom stereocenters. The molecule has 0 aliphatic rings. The number of nitrogens with one attached hydrogen (secondary N) is 2. The van der Waals surface area contributed by atoms with E-state index in [1.165, 1.54) is 17.9 Å². The maximum atomic E-state index is 11.6. The highest BCUT2D eigenvalue weighted by molar-refractivity contribution is 7.99. The number of anilines is 1. The summed E-state index contributed by atoms with van der Waals surface area (Å²) in [4.78, 5) is 30.0. The van der Waals surface area contributed by atoms with Gasteiger partial charge in [0, 0.05) is 13.6 Å². The molecule has 0 saturated carbocycles. The standard InChI is InChI=1S/C10H13N7O3S/c1-3-4-16-9(18)14-15-10(16)21-8-6(17(19)20)7(11-2)12-5-13-8/h5H,3-4H2,1-2H3,(H,14,18)(H,11,12,13). The topological polar surface area (TPSA) is 132 Å². The van der Waals surface area contributed by atoms with E-state index < -0.39 is 4.92 Å². The molecule has 11 heteroatoms. The molecule has 2 aromatic heterocycles. The fourth-order valence-electron chi connectivity index (χ4n) is 1.67. The minimum atomic E-state index is -0.566. The Balaban J connectivity index is 2.45. The minimum absolute atomic E-state index is 0.109. The number of H-pyrrole nitrogens is 1. The third-order valence-corrected chi connectivity index (χ3v) is 3.55. The zero-order chi connectivity index (χ0) is 15.4. The van der Waals surface area contributed by atoms with Crippen molar-refractivity contribution in [2.75, 3.05) is 12.4 Å². The van der Waals surface area contributed by atoms with Gasteiger partial charge in [0.1, 0.15) is 6.33 Å². The van der Waals surface area contributed by atoms with E-state index in [2.05, 4.69) is 25.5 Å². The molecule has 10 nitrogen and oxygen atoms in total. The quantitative estimate of drug-likeness (QED) is 0.456. The molecular formula is C10H13N7O3S. The molecule has 0 aromatic carbocycles. The lowest BCUT2D eigenvalue weighted by Gasteiger charge is -2.05. The van der Waals surface area contributed by atoms with Gasteiger partial charge in [-0.25, -0.2) is 19.9 Å². The van der Waals surface area contributed by atoms with E-state index in [-0.39, 0.29) is 22.2 Å². The van der Waals surface area contributed by atoms with Gasteiger partial charge in [-0.15, -0.1) is 5.10 Å². The van der Waals surface area contributed by atoms with Gasteiger partial charge in [0.15, 0.2) is 10.2 Å². The monoisotopic (exact) mass is 311 g/mol. The molecule has 2 N–H and O–H groups in total. The molecule has 0 aliphatic carbocycles. The summed E-state index contributed by atoms with van der Waals surface area (Å²) in [5.74, 6) is 0.109. The predicted octanol–water partition coefficient (Wildman–Crippen LogP) is 0.872. The molecule has 0 spiro atoms. The number of aromatic nitrogens is 5. The second-order valence-electron chi connectivity index (χ2n) is 3.95. The summed E-state index contributed by atoms with van der Waals surface area (Å²) in [6.07, 6.45) is 1.96. The van der Waals surface area contributed by atoms with Gasteiger partial charge < -0.3 is 5.32 Å². The molecule has 0 aliphatic heterocycles. The SMILES string of the molecule is CCCn1c(Sc2ncnc(NC)c2[N+](=O)[O-])n[nH]c1=O. The molecule has 0 amide bonds. The molecule has 0 saturated heterocycles. The number of nitrogens with zero attached hydrogens (tertiary/aromatic N) is 5. The molecule has 112 valence electrons. The van der Waals surface area contributed by atoms with Crippen LogP contribution in [0.1, 0.15) is 13.3 Å². The fraction of sp³-hybridized carbons (Fsp3) is 0.400. The van der Waals surface area contributed by atoms with Gasteiger partial charge >= 0.3 is 11.4 Å². The lowest BCUT2D eigenvalue weighted by molar-refractivity contribution is -0.387. The van der Waals surface area contributed by atoms with E-state index in [9.17, 15) is 14.9 Å². The van der Waals surface area contributed by atoms with Gasteiger partial charge in [0.2, 0.25) is 5.82 Å². The van der Waals surface area contributed by atoms with Crippen LogP contribution in [0.15, 0.2) is 21.3 Å². The van der Waals surface area contributed by atoms with Crippen molar-refractivity contribution in [1.29, 1.82) is 0 Å². The Kier molecular flexibility index (Phi) is 4.52. The molecular weight excluding hydrogens is 298 g/mol. The predicted molar refractivity (Wildman–Crippen MR) is 75.5 cm³/mol. The lowest BCUT2D eigenvalue weighted by atomic mass is 10.5. The molecule has 2 aromatic rings. The van der Waals surface area contributed by atoms with Crippen LogP contribution in [-0.2, 0) is 6.54 Å². The number of nitro groups is 1. The summed E-state index contributed by atoms with van der Waals surface area (Å²) in [6.45, 7) is 2.38. The van der Waals surface area contributed by atoms with Crippen molar-refractivity contribution in [3.05, 3.63) is 26.9 Å². The molecule has 0 fully saturated rings. The van der Waals surface area contributed by atoms with Gasteiger partial charge in [-0.1, -0.05) is 6.92 Å². The second-order valence-corrected chi connectivity index (χ2v) is 4.90. The molecule has 2 heterocycles. The van der Waals surface area contributed by atoms with Gasteiger partial charge in [-0.05, 0) is 18.2 Å². The first-order valence-electron chi connectivity index (χ1n) is 6.08. The Hall–Kier alpha value is -2.43. The van der Waals surface area contributed by atoms with Crippen LogP contribution < -0.4 is 11.0 Å². The van der Waals surface area contributed by atoms with Crippen molar-refractivity contribution in [2.24, 2.45) is 0 Å². The van der Waals surface area contributed by atoms with Crippen molar-refractivity contribution in [1.82, 2.24) is 24.7 Å². The minimum Gasteiger partial charge on any atom is -0.367 e. The molecule has 21 heavy (non-hydrogen) atoms. The first-order chi connectivity index (χ1) is 10.1. The van der Waals surface area contributed by atoms with E-state index in [4.69, 9.17) is 0 Å². The van der Waals surface area contributed by atoms with Crippen LogP contribution in [0.2, 0.25) is 0 Å². The first-order valence-corrected chi connectivity index (χ1v) is 6.90. The van der Waals surface area contributed by atoms with Crippen molar-refractivity contribution < 1.29 is 4.92 Å². The van der Waals surface area contributed by atoms with Crippen LogP contribution in [0.4, 0.5) is 11.5 Å². The van der Waals surface area contributed by atoms with E-state index in [1.54, 1.807) is 0 Å². The van der Waals surface area contributed by atoms with Crippen molar-refractivity contribution in [2.45, 2.75) is 30.1 Å². The highest BCUT2D eigenvalue weighted by Gasteiger charge is 2.24. The van der Waals surface area contributed by atoms with Gasteiger partial charge in [-0.2, -0.15) is 0 Å². The highest BCUT2D eigenvalue weighted by Crippen LogP contribution is 2.34. The third kappa shape index (κ3) is 3.02. The average Bonchev–Trinajstić information content (AvgIpc) is 2.80. The molecule has 2 rings (SSSR count). The second kappa shape index (κ2) is 6.35. The van der Waals surface area contributed by atoms with Crippen LogP contribution in [0, 0.1) is 10.1 Å². The maximum absolute atomic E-state index is 11.6. The van der Waals surface area contributed by atoms with Crippen LogP contribution in [-0.4, -0.2) is 36.7 Å². The van der Waals surface area contributed by atoms with Gasteiger partial charge in [-0.3, -0.25) is 14.7 Å². The molecule has 0 atom stereocenters. The Labute approximate surface area is 123 Å². The van der Waals surface area contributed by atoms with Crippen LogP contribution in [0.25, 0.3) is 0 Å². The lowest BCUT2D eigenvalue weighted by Crippen LogP contribution is -2.17. The number of rotatable bonds is 6. The largest absolute Gasteiger partial charge is 0.367 e. The normalized spacial score (nSPS) is 10.6. The number of hydrogen-bond donors (Lipinski definition) is 2. The Morgan fingerprint density at radius 1 is 1.52 bits per heavy atom. The third-order valence-electron chi connectivity index (χ3n) is 2.57. The summed E-state index contributed by atoms with van der Waals surface area (Å²) < 4.78 is 1.41. The summed E-state index contributed by atoms with van der Waals surface area (Å²) in [7, 11) is 1.53. The summed E-state index contributed by atoms with van der Waals surface area (Å²) >= 11 is 0.947. The van der Waals surface area contributed by atoms with E-state index >= 15 is 0 Å².